The van der Waals surface area contributed by atoms with Crippen LogP contribution in [0.3, 0.4) is 0 Å². The molecule has 5 fully saturated rings. The van der Waals surface area contributed by atoms with E-state index in [2.05, 4.69) is 4.90 Å². The van der Waals surface area contributed by atoms with Crippen molar-refractivity contribution < 1.29 is 4.79 Å². The van der Waals surface area contributed by atoms with Crippen LogP contribution in [-0.4, -0.2) is 52.0 Å². The monoisotopic (exact) mass is 369 g/mol. The van der Waals surface area contributed by atoms with E-state index >= 15 is 0 Å². The summed E-state index contributed by atoms with van der Waals surface area (Å²) in [5.41, 5.74) is 0.429. The second-order valence-corrected chi connectivity index (χ2v) is 9.49. The number of carbonyl (C=O) groups is 1. The number of nitrogens with zero attached hydrogens (tertiary/aromatic N) is 3. The molecule has 0 unspecified atom stereocenters. The molecule has 1 aromatic heterocycles. The van der Waals surface area contributed by atoms with Gasteiger partial charge in [-0.1, -0.05) is 6.07 Å². The highest BCUT2D eigenvalue weighted by Gasteiger charge is 2.53. The van der Waals surface area contributed by atoms with E-state index in [9.17, 15) is 9.59 Å². The van der Waals surface area contributed by atoms with Gasteiger partial charge in [0, 0.05) is 56.9 Å². The van der Waals surface area contributed by atoms with Crippen molar-refractivity contribution in [1.29, 1.82) is 0 Å². The molecule has 1 amide bonds. The van der Waals surface area contributed by atoms with Crippen LogP contribution in [-0.2, 0) is 11.3 Å². The molecule has 5 aliphatic rings. The highest BCUT2D eigenvalue weighted by atomic mass is 16.2. The zero-order valence-corrected chi connectivity index (χ0v) is 16.2. The Morgan fingerprint density at radius 3 is 2.19 bits per heavy atom. The third-order valence-electron chi connectivity index (χ3n) is 7.77. The Hall–Kier alpha value is -1.62. The van der Waals surface area contributed by atoms with Crippen molar-refractivity contribution in [2.45, 2.75) is 57.0 Å². The fourth-order valence-electron chi connectivity index (χ4n) is 6.90. The van der Waals surface area contributed by atoms with E-state index in [-0.39, 0.29) is 11.5 Å². The van der Waals surface area contributed by atoms with Crippen LogP contribution >= 0.6 is 0 Å². The Kier molecular flexibility index (Phi) is 4.38. The number of aromatic nitrogens is 1. The molecule has 4 aliphatic carbocycles. The molecule has 0 spiro atoms. The molecule has 0 N–H and O–H groups in total. The summed E-state index contributed by atoms with van der Waals surface area (Å²) in [4.78, 5) is 29.2. The van der Waals surface area contributed by atoms with Gasteiger partial charge >= 0.3 is 0 Å². The lowest BCUT2D eigenvalue weighted by atomic mass is 9.52. The first-order valence-corrected chi connectivity index (χ1v) is 10.8. The van der Waals surface area contributed by atoms with Crippen molar-refractivity contribution in [1.82, 2.24) is 14.4 Å². The van der Waals surface area contributed by atoms with Crippen molar-refractivity contribution in [3.8, 4) is 0 Å². The second kappa shape index (κ2) is 6.77. The zero-order chi connectivity index (χ0) is 18.4. The van der Waals surface area contributed by atoms with Crippen molar-refractivity contribution in [3.05, 3.63) is 34.7 Å². The van der Waals surface area contributed by atoms with Crippen molar-refractivity contribution in [3.63, 3.8) is 0 Å². The highest BCUT2D eigenvalue weighted by molar-refractivity contribution is 5.76. The first kappa shape index (κ1) is 17.5. The summed E-state index contributed by atoms with van der Waals surface area (Å²) in [5, 5.41) is 0. The summed E-state index contributed by atoms with van der Waals surface area (Å²) in [6.45, 7) is 4.24. The average Bonchev–Trinajstić information content (AvgIpc) is 2.66. The molecule has 1 aliphatic heterocycles. The maximum Gasteiger partial charge on any atom is 0.250 e. The molecule has 0 atom stereocenters. The van der Waals surface area contributed by atoms with Gasteiger partial charge in [0.15, 0.2) is 0 Å². The fraction of sp³-hybridized carbons (Fsp3) is 0.727. The van der Waals surface area contributed by atoms with Crippen LogP contribution in [0.25, 0.3) is 0 Å². The first-order chi connectivity index (χ1) is 13.1. The molecule has 5 heteroatoms. The van der Waals surface area contributed by atoms with Crippen LogP contribution in [0.1, 0.15) is 44.9 Å². The van der Waals surface area contributed by atoms with Crippen LogP contribution < -0.4 is 5.56 Å². The van der Waals surface area contributed by atoms with Gasteiger partial charge in [-0.05, 0) is 62.3 Å². The number of hydrogen-bond donors (Lipinski definition) is 0. The predicted molar refractivity (Wildman–Crippen MR) is 104 cm³/mol. The largest absolute Gasteiger partial charge is 0.340 e. The van der Waals surface area contributed by atoms with Gasteiger partial charge in [-0.15, -0.1) is 0 Å². The van der Waals surface area contributed by atoms with Crippen molar-refractivity contribution in [2.24, 2.45) is 17.8 Å². The van der Waals surface area contributed by atoms with Gasteiger partial charge in [0.1, 0.15) is 0 Å². The van der Waals surface area contributed by atoms with Gasteiger partial charge in [-0.25, -0.2) is 0 Å². The summed E-state index contributed by atoms with van der Waals surface area (Å²) in [7, 11) is 0. The topological polar surface area (TPSA) is 45.6 Å². The Balaban J connectivity index is 1.17. The lowest BCUT2D eigenvalue weighted by Gasteiger charge is -2.61. The van der Waals surface area contributed by atoms with Crippen LogP contribution in [0.5, 0.6) is 0 Å². The fourth-order valence-corrected chi connectivity index (χ4v) is 6.90. The first-order valence-electron chi connectivity index (χ1n) is 10.8. The number of carbonyl (C=O) groups excluding carboxylic acids is 1. The SMILES string of the molecule is O=C(CCn1ccccc1=O)N1CCN(C23CC4CC(CC(C4)C2)C3)CC1. The molecular weight excluding hydrogens is 338 g/mol. The average molecular weight is 370 g/mol. The van der Waals surface area contributed by atoms with E-state index in [0.717, 1.165) is 43.9 Å². The number of piperazine rings is 1. The Labute approximate surface area is 161 Å². The zero-order valence-electron chi connectivity index (χ0n) is 16.2. The minimum atomic E-state index is -0.0306. The molecule has 27 heavy (non-hydrogen) atoms. The minimum absolute atomic E-state index is 0.0306. The summed E-state index contributed by atoms with van der Waals surface area (Å²) >= 11 is 0. The molecule has 0 aromatic carbocycles. The number of rotatable bonds is 4. The van der Waals surface area contributed by atoms with Gasteiger partial charge in [0.05, 0.1) is 0 Å². The van der Waals surface area contributed by atoms with E-state index in [1.165, 1.54) is 38.5 Å². The maximum atomic E-state index is 12.6. The summed E-state index contributed by atoms with van der Waals surface area (Å²) in [6, 6.07) is 5.13. The molecule has 6 rings (SSSR count). The predicted octanol–water partition coefficient (Wildman–Crippen LogP) is 2.35. The Morgan fingerprint density at radius 2 is 1.59 bits per heavy atom. The standard InChI is InChI=1S/C22H31N3O2/c26-20-3-1-2-5-23(20)6-4-21(27)24-7-9-25(10-8-24)22-14-17-11-18(15-22)13-19(12-17)16-22/h1-3,5,17-19H,4,6-16H2. The van der Waals surface area contributed by atoms with Crippen LogP contribution in [0, 0.1) is 17.8 Å². The molecule has 0 radical (unpaired) electrons. The quantitative estimate of drug-likeness (QED) is 0.818. The maximum absolute atomic E-state index is 12.6. The van der Waals surface area contributed by atoms with Gasteiger partial charge in [-0.3, -0.25) is 14.5 Å². The van der Waals surface area contributed by atoms with Gasteiger partial charge in [0.2, 0.25) is 5.91 Å². The lowest BCUT2D eigenvalue weighted by molar-refractivity contribution is -0.138. The normalized spacial score (nSPS) is 35.6. The third kappa shape index (κ3) is 3.24. The molecule has 1 aromatic rings. The number of aryl methyl sites for hydroxylation is 1. The van der Waals surface area contributed by atoms with Crippen molar-refractivity contribution in [2.75, 3.05) is 26.2 Å². The van der Waals surface area contributed by atoms with E-state index in [4.69, 9.17) is 0 Å². The van der Waals surface area contributed by atoms with Crippen LogP contribution in [0.2, 0.25) is 0 Å². The van der Waals surface area contributed by atoms with E-state index in [1.807, 2.05) is 11.0 Å². The second-order valence-electron chi connectivity index (χ2n) is 9.49. The van der Waals surface area contributed by atoms with E-state index in [1.54, 1.807) is 22.9 Å². The highest BCUT2D eigenvalue weighted by Crippen LogP contribution is 2.57. The molecule has 146 valence electrons. The molecule has 4 saturated carbocycles. The third-order valence-corrected chi connectivity index (χ3v) is 7.77. The lowest BCUT2D eigenvalue weighted by Crippen LogP contribution is -2.64. The molecular formula is C22H31N3O2. The van der Waals surface area contributed by atoms with E-state index in [0.29, 0.717) is 18.5 Å². The van der Waals surface area contributed by atoms with Gasteiger partial charge in [-0.2, -0.15) is 0 Å². The smallest absolute Gasteiger partial charge is 0.250 e. The summed E-state index contributed by atoms with van der Waals surface area (Å²) in [6.07, 6.45) is 10.9. The Bertz CT molecular complexity index is 728. The number of pyridine rings is 1. The van der Waals surface area contributed by atoms with Gasteiger partial charge in [0.25, 0.3) is 5.56 Å². The minimum Gasteiger partial charge on any atom is -0.340 e. The molecule has 4 bridgehead atoms. The molecule has 1 saturated heterocycles. The summed E-state index contributed by atoms with van der Waals surface area (Å²) < 4.78 is 1.63. The van der Waals surface area contributed by atoms with Gasteiger partial charge < -0.3 is 9.47 Å². The molecule has 5 nitrogen and oxygen atoms in total. The molecule has 2 heterocycles. The number of amides is 1. The van der Waals surface area contributed by atoms with E-state index < -0.39 is 0 Å². The van der Waals surface area contributed by atoms with Crippen molar-refractivity contribution >= 4 is 5.91 Å². The van der Waals surface area contributed by atoms with Crippen LogP contribution in [0.4, 0.5) is 0 Å². The Morgan fingerprint density at radius 1 is 0.963 bits per heavy atom. The number of hydrogen-bond acceptors (Lipinski definition) is 3. The summed E-state index contributed by atoms with van der Waals surface area (Å²) in [5.74, 6) is 3.11. The van der Waals surface area contributed by atoms with Crippen LogP contribution in [0.15, 0.2) is 29.2 Å².